The second kappa shape index (κ2) is 6.42. The molecule has 2 aromatic rings. The molecule has 0 aliphatic rings. The van der Waals surface area contributed by atoms with E-state index in [4.69, 9.17) is 17.3 Å². The normalized spacial score (nSPS) is 12.2. The number of benzene rings is 2. The number of nitrogens with two attached hydrogens (primary N) is 1. The van der Waals surface area contributed by atoms with Crippen LogP contribution in [-0.4, -0.2) is 13.6 Å². The quantitative estimate of drug-likeness (QED) is 0.903. The second-order valence-corrected chi connectivity index (χ2v) is 5.65. The molecule has 4 heteroatoms. The Morgan fingerprint density at radius 3 is 2.53 bits per heavy atom. The number of anilines is 1. The van der Waals surface area contributed by atoms with Crippen LogP contribution < -0.4 is 10.6 Å². The van der Waals surface area contributed by atoms with Crippen LogP contribution in [0.3, 0.4) is 0 Å². The Morgan fingerprint density at radius 1 is 1.21 bits per heavy atom. The van der Waals surface area contributed by atoms with Gasteiger partial charge in [-0.2, -0.15) is 0 Å². The summed E-state index contributed by atoms with van der Waals surface area (Å²) in [5.41, 5.74) is 8.18. The van der Waals surface area contributed by atoms with Crippen LogP contribution in [0.15, 0.2) is 53.0 Å². The lowest BCUT2D eigenvalue weighted by molar-refractivity contribution is 0.678. The van der Waals surface area contributed by atoms with Crippen LogP contribution in [0.5, 0.6) is 0 Å². The van der Waals surface area contributed by atoms with Crippen molar-refractivity contribution in [1.29, 1.82) is 0 Å². The molecule has 1 atom stereocenters. The van der Waals surface area contributed by atoms with E-state index in [0.29, 0.717) is 6.54 Å². The van der Waals surface area contributed by atoms with Crippen LogP contribution >= 0.6 is 27.5 Å². The van der Waals surface area contributed by atoms with Crippen LogP contribution in [0.4, 0.5) is 5.69 Å². The van der Waals surface area contributed by atoms with E-state index in [1.165, 1.54) is 0 Å². The average Bonchev–Trinajstić information content (AvgIpc) is 2.44. The molecule has 0 bridgehead atoms. The Labute approximate surface area is 127 Å². The van der Waals surface area contributed by atoms with Crippen molar-refractivity contribution in [3.8, 4) is 0 Å². The molecule has 0 aliphatic heterocycles. The van der Waals surface area contributed by atoms with Gasteiger partial charge < -0.3 is 10.6 Å². The highest BCUT2D eigenvalue weighted by Gasteiger charge is 2.18. The maximum Gasteiger partial charge on any atom is 0.0673 e. The van der Waals surface area contributed by atoms with Crippen LogP contribution in [0.2, 0.25) is 5.02 Å². The molecule has 0 spiro atoms. The largest absolute Gasteiger partial charge is 0.366 e. The van der Waals surface area contributed by atoms with E-state index in [9.17, 15) is 0 Å². The molecule has 0 fully saturated rings. The second-order valence-electron chi connectivity index (χ2n) is 4.36. The van der Waals surface area contributed by atoms with E-state index in [1.54, 1.807) is 0 Å². The third-order valence-corrected chi connectivity index (χ3v) is 4.13. The maximum atomic E-state index is 6.09. The third-order valence-electron chi connectivity index (χ3n) is 3.17. The summed E-state index contributed by atoms with van der Waals surface area (Å²) in [6.45, 7) is 0.518. The molecule has 0 radical (unpaired) electrons. The van der Waals surface area contributed by atoms with Gasteiger partial charge in [0.05, 0.1) is 6.04 Å². The first-order chi connectivity index (χ1) is 9.13. The fraction of sp³-hybridized carbons (Fsp3) is 0.200. The van der Waals surface area contributed by atoms with Crippen molar-refractivity contribution < 1.29 is 0 Å². The topological polar surface area (TPSA) is 29.3 Å². The van der Waals surface area contributed by atoms with Crippen molar-refractivity contribution in [2.45, 2.75) is 6.04 Å². The minimum absolute atomic E-state index is 0.0791. The molecule has 0 aromatic heterocycles. The Morgan fingerprint density at radius 2 is 1.89 bits per heavy atom. The van der Waals surface area contributed by atoms with E-state index in [0.717, 1.165) is 20.7 Å². The van der Waals surface area contributed by atoms with Crippen LogP contribution in [0, 0.1) is 0 Å². The van der Waals surface area contributed by atoms with Gasteiger partial charge in [0.15, 0.2) is 0 Å². The molecule has 100 valence electrons. The summed E-state index contributed by atoms with van der Waals surface area (Å²) in [4.78, 5) is 2.16. The highest BCUT2D eigenvalue weighted by atomic mass is 79.9. The van der Waals surface area contributed by atoms with E-state index in [-0.39, 0.29) is 6.04 Å². The van der Waals surface area contributed by atoms with Crippen molar-refractivity contribution in [2.75, 3.05) is 18.5 Å². The molecule has 2 nitrogen and oxygen atoms in total. The molecule has 2 aromatic carbocycles. The van der Waals surface area contributed by atoms with Gasteiger partial charge in [0, 0.05) is 28.8 Å². The SMILES string of the molecule is CN(c1ccccc1)C(CN)c1cc(Cl)ccc1Br. The van der Waals surface area contributed by atoms with Gasteiger partial charge in [-0.25, -0.2) is 0 Å². The molecule has 0 heterocycles. The summed E-state index contributed by atoms with van der Waals surface area (Å²) < 4.78 is 1.02. The molecule has 0 saturated carbocycles. The van der Waals surface area contributed by atoms with Crippen molar-refractivity contribution in [2.24, 2.45) is 5.73 Å². The average molecular weight is 340 g/mol. The van der Waals surface area contributed by atoms with Gasteiger partial charge in [0.1, 0.15) is 0 Å². The summed E-state index contributed by atoms with van der Waals surface area (Å²) in [6.07, 6.45) is 0. The number of halogens is 2. The Balaban J connectivity index is 2.37. The van der Waals surface area contributed by atoms with Gasteiger partial charge in [0.2, 0.25) is 0 Å². The monoisotopic (exact) mass is 338 g/mol. The summed E-state index contributed by atoms with van der Waals surface area (Å²) in [5, 5.41) is 0.720. The molecule has 0 saturated heterocycles. The maximum absolute atomic E-state index is 6.09. The fourth-order valence-corrected chi connectivity index (χ4v) is 2.80. The molecule has 0 amide bonds. The molecular formula is C15H16BrClN2. The first-order valence-corrected chi connectivity index (χ1v) is 7.23. The zero-order valence-corrected chi connectivity index (χ0v) is 13.0. The van der Waals surface area contributed by atoms with E-state index in [2.05, 4.69) is 33.0 Å². The summed E-state index contributed by atoms with van der Waals surface area (Å²) in [6, 6.07) is 16.0. The zero-order chi connectivity index (χ0) is 13.8. The fourth-order valence-electron chi connectivity index (χ4n) is 2.11. The molecule has 2 N–H and O–H groups in total. The van der Waals surface area contributed by atoms with Crippen molar-refractivity contribution >= 4 is 33.2 Å². The van der Waals surface area contributed by atoms with Gasteiger partial charge >= 0.3 is 0 Å². The summed E-state index contributed by atoms with van der Waals surface area (Å²) in [5.74, 6) is 0. The first-order valence-electron chi connectivity index (χ1n) is 6.06. The van der Waals surface area contributed by atoms with E-state index < -0.39 is 0 Å². The van der Waals surface area contributed by atoms with Crippen molar-refractivity contribution in [3.63, 3.8) is 0 Å². The highest BCUT2D eigenvalue weighted by Crippen LogP contribution is 2.31. The first kappa shape index (κ1) is 14.4. The standard InChI is InChI=1S/C15H16BrClN2/c1-19(12-5-3-2-4-6-12)15(10-18)13-9-11(17)7-8-14(13)16/h2-9,15H,10,18H2,1H3. The molecular weight excluding hydrogens is 324 g/mol. The van der Waals surface area contributed by atoms with Crippen LogP contribution in [0.1, 0.15) is 11.6 Å². The lowest BCUT2D eigenvalue weighted by Crippen LogP contribution is -2.30. The van der Waals surface area contributed by atoms with Crippen molar-refractivity contribution in [1.82, 2.24) is 0 Å². The van der Waals surface area contributed by atoms with Crippen LogP contribution in [0.25, 0.3) is 0 Å². The molecule has 0 aliphatic carbocycles. The minimum atomic E-state index is 0.0791. The number of rotatable bonds is 4. The number of hydrogen-bond acceptors (Lipinski definition) is 2. The predicted molar refractivity (Wildman–Crippen MR) is 85.8 cm³/mol. The van der Waals surface area contributed by atoms with Gasteiger partial charge in [0.25, 0.3) is 0 Å². The Hall–Kier alpha value is -1.03. The zero-order valence-electron chi connectivity index (χ0n) is 10.7. The van der Waals surface area contributed by atoms with Gasteiger partial charge in [-0.3, -0.25) is 0 Å². The van der Waals surface area contributed by atoms with E-state index in [1.807, 2.05) is 43.4 Å². The molecule has 1 unspecified atom stereocenters. The Bertz CT molecular complexity index is 545. The third kappa shape index (κ3) is 3.30. The summed E-state index contributed by atoms with van der Waals surface area (Å²) >= 11 is 9.66. The lowest BCUT2D eigenvalue weighted by Gasteiger charge is -2.30. The number of para-hydroxylation sites is 1. The molecule has 2 rings (SSSR count). The minimum Gasteiger partial charge on any atom is -0.366 e. The lowest BCUT2D eigenvalue weighted by atomic mass is 10.1. The highest BCUT2D eigenvalue weighted by molar-refractivity contribution is 9.10. The van der Waals surface area contributed by atoms with E-state index >= 15 is 0 Å². The molecule has 19 heavy (non-hydrogen) atoms. The smallest absolute Gasteiger partial charge is 0.0673 e. The Kier molecular flexibility index (Phi) is 4.86. The van der Waals surface area contributed by atoms with Gasteiger partial charge in [-0.15, -0.1) is 0 Å². The number of hydrogen-bond donors (Lipinski definition) is 1. The number of nitrogens with zero attached hydrogens (tertiary/aromatic N) is 1. The predicted octanol–water partition coefficient (Wildman–Crippen LogP) is 4.24. The van der Waals surface area contributed by atoms with Gasteiger partial charge in [-0.05, 0) is 35.9 Å². The number of likely N-dealkylation sites (N-methyl/N-ethyl adjacent to an activating group) is 1. The van der Waals surface area contributed by atoms with Gasteiger partial charge in [-0.1, -0.05) is 45.7 Å². The van der Waals surface area contributed by atoms with Crippen molar-refractivity contribution in [3.05, 3.63) is 63.6 Å². The summed E-state index contributed by atoms with van der Waals surface area (Å²) in [7, 11) is 2.04. The van der Waals surface area contributed by atoms with Crippen LogP contribution in [-0.2, 0) is 0 Å².